The van der Waals surface area contributed by atoms with Crippen molar-refractivity contribution in [1.29, 1.82) is 5.26 Å². The summed E-state index contributed by atoms with van der Waals surface area (Å²) < 4.78 is 88.0. The minimum absolute atomic E-state index is 0.177. The summed E-state index contributed by atoms with van der Waals surface area (Å²) in [6.07, 6.45) is -10.3. The molecule has 1 aromatic heterocycles. The SMILES string of the molecule is CCOCCn1c(C#N)c(C(F)(F)F)c(-c2ccc(Br)cc2)c1C(F)(F)F. The first-order valence-electron chi connectivity index (χ1n) is 7.67. The number of rotatable bonds is 5. The molecule has 0 aliphatic heterocycles. The molecule has 0 spiro atoms. The van der Waals surface area contributed by atoms with E-state index < -0.39 is 41.4 Å². The maximum Gasteiger partial charge on any atom is 0.432 e. The molecule has 0 atom stereocenters. The van der Waals surface area contributed by atoms with E-state index in [1.54, 1.807) is 6.92 Å². The van der Waals surface area contributed by atoms with Crippen LogP contribution >= 0.6 is 15.9 Å². The summed E-state index contributed by atoms with van der Waals surface area (Å²) in [5, 5.41) is 9.23. The summed E-state index contributed by atoms with van der Waals surface area (Å²) in [6, 6.07) is 6.23. The molecule has 0 radical (unpaired) electrons. The lowest BCUT2D eigenvalue weighted by molar-refractivity contribution is -0.143. The van der Waals surface area contributed by atoms with E-state index in [9.17, 15) is 31.6 Å². The van der Waals surface area contributed by atoms with Crippen LogP contribution < -0.4 is 0 Å². The predicted octanol–water partition coefficient (Wildman–Crippen LogP) is 5.86. The summed E-state index contributed by atoms with van der Waals surface area (Å²) in [4.78, 5) is 0. The fraction of sp³-hybridized carbons (Fsp3) is 0.353. The number of benzene rings is 1. The molecule has 1 heterocycles. The lowest BCUT2D eigenvalue weighted by Gasteiger charge is -2.15. The molecule has 2 rings (SSSR count). The molecular weight excluding hydrogens is 442 g/mol. The van der Waals surface area contributed by atoms with E-state index in [4.69, 9.17) is 4.74 Å². The number of hydrogen-bond acceptors (Lipinski definition) is 2. The smallest absolute Gasteiger partial charge is 0.380 e. The molecule has 0 unspecified atom stereocenters. The summed E-state index contributed by atoms with van der Waals surface area (Å²) in [7, 11) is 0. The van der Waals surface area contributed by atoms with Gasteiger partial charge in [-0.15, -0.1) is 0 Å². The van der Waals surface area contributed by atoms with Crippen molar-refractivity contribution in [3.05, 3.63) is 45.7 Å². The van der Waals surface area contributed by atoms with Gasteiger partial charge in [0.15, 0.2) is 0 Å². The average Bonchev–Trinajstić information content (AvgIpc) is 2.90. The molecule has 0 saturated carbocycles. The first kappa shape index (κ1) is 21.3. The van der Waals surface area contributed by atoms with Gasteiger partial charge in [0.05, 0.1) is 12.2 Å². The summed E-state index contributed by atoms with van der Waals surface area (Å²) in [5.74, 6) is 0. The van der Waals surface area contributed by atoms with E-state index in [0.717, 1.165) is 12.1 Å². The Morgan fingerprint density at radius 1 is 1.07 bits per heavy atom. The van der Waals surface area contributed by atoms with Crippen molar-refractivity contribution in [2.24, 2.45) is 0 Å². The van der Waals surface area contributed by atoms with Crippen molar-refractivity contribution in [3.8, 4) is 17.2 Å². The molecule has 2 aromatic rings. The van der Waals surface area contributed by atoms with Crippen molar-refractivity contribution in [2.45, 2.75) is 25.8 Å². The van der Waals surface area contributed by atoms with Gasteiger partial charge in [-0.05, 0) is 24.6 Å². The zero-order chi connectivity index (χ0) is 20.4. The maximum atomic E-state index is 13.8. The second kappa shape index (κ2) is 7.94. The van der Waals surface area contributed by atoms with Crippen LogP contribution in [-0.2, 0) is 23.6 Å². The van der Waals surface area contributed by atoms with Gasteiger partial charge in [0.1, 0.15) is 17.5 Å². The number of alkyl halides is 6. The molecule has 0 aliphatic carbocycles. The Balaban J connectivity index is 2.89. The monoisotopic (exact) mass is 454 g/mol. The summed E-state index contributed by atoms with van der Waals surface area (Å²) in [6.45, 7) is 0.974. The minimum Gasteiger partial charge on any atom is -0.380 e. The Kier molecular flexibility index (Phi) is 6.27. The van der Waals surface area contributed by atoms with Crippen molar-refractivity contribution >= 4 is 15.9 Å². The molecule has 146 valence electrons. The number of nitrogens with zero attached hydrogens (tertiary/aromatic N) is 2. The fourth-order valence-corrected chi connectivity index (χ4v) is 2.99. The van der Waals surface area contributed by atoms with Crippen LogP contribution in [0.25, 0.3) is 11.1 Å². The quantitative estimate of drug-likeness (QED) is 0.418. The third-order valence-electron chi connectivity index (χ3n) is 3.72. The lowest BCUT2D eigenvalue weighted by Crippen LogP contribution is -2.18. The molecule has 27 heavy (non-hydrogen) atoms. The second-order valence-electron chi connectivity index (χ2n) is 5.41. The number of nitriles is 1. The van der Waals surface area contributed by atoms with E-state index >= 15 is 0 Å². The lowest BCUT2D eigenvalue weighted by atomic mass is 9.99. The number of ether oxygens (including phenoxy) is 1. The standard InChI is InChI=1S/C17H13BrF6N2O/c1-2-27-8-7-26-12(9-25)14(16(19,20)21)13(15(26)17(22,23)24)10-3-5-11(18)6-4-10/h3-6H,2,7-8H2,1H3. The highest BCUT2D eigenvalue weighted by Crippen LogP contribution is 2.48. The molecule has 3 nitrogen and oxygen atoms in total. The Hall–Kier alpha value is -1.99. The zero-order valence-electron chi connectivity index (χ0n) is 13.9. The zero-order valence-corrected chi connectivity index (χ0v) is 15.5. The maximum absolute atomic E-state index is 13.8. The van der Waals surface area contributed by atoms with Crippen LogP contribution in [0.15, 0.2) is 28.7 Å². The van der Waals surface area contributed by atoms with Crippen LogP contribution in [0.4, 0.5) is 26.3 Å². The van der Waals surface area contributed by atoms with E-state index in [2.05, 4.69) is 15.9 Å². The van der Waals surface area contributed by atoms with Gasteiger partial charge >= 0.3 is 12.4 Å². The largest absolute Gasteiger partial charge is 0.432 e. The van der Waals surface area contributed by atoms with Crippen molar-refractivity contribution < 1.29 is 31.1 Å². The Bertz CT molecular complexity index is 847. The van der Waals surface area contributed by atoms with Crippen LogP contribution in [0.5, 0.6) is 0 Å². The number of aromatic nitrogens is 1. The minimum atomic E-state index is -5.15. The van der Waals surface area contributed by atoms with Gasteiger partial charge < -0.3 is 9.30 Å². The number of halogens is 7. The van der Waals surface area contributed by atoms with E-state index in [0.29, 0.717) is 9.04 Å². The van der Waals surface area contributed by atoms with Crippen LogP contribution in [0, 0.1) is 11.3 Å². The van der Waals surface area contributed by atoms with Gasteiger partial charge in [0.25, 0.3) is 0 Å². The first-order chi connectivity index (χ1) is 12.5. The number of hydrogen-bond donors (Lipinski definition) is 0. The van der Waals surface area contributed by atoms with E-state index in [1.165, 1.54) is 18.2 Å². The molecule has 0 amide bonds. The highest BCUT2D eigenvalue weighted by atomic mass is 79.9. The van der Waals surface area contributed by atoms with Crippen LogP contribution in [-0.4, -0.2) is 17.8 Å². The van der Waals surface area contributed by atoms with Gasteiger partial charge in [0, 0.05) is 23.2 Å². The molecule has 0 saturated heterocycles. The van der Waals surface area contributed by atoms with E-state index in [1.807, 2.05) is 0 Å². The fourth-order valence-electron chi connectivity index (χ4n) is 2.73. The van der Waals surface area contributed by atoms with E-state index in [-0.39, 0.29) is 18.8 Å². The molecule has 1 aromatic carbocycles. The van der Waals surface area contributed by atoms with Crippen LogP contribution in [0.2, 0.25) is 0 Å². The van der Waals surface area contributed by atoms with Gasteiger partial charge in [-0.1, -0.05) is 28.1 Å². The van der Waals surface area contributed by atoms with Crippen LogP contribution in [0.3, 0.4) is 0 Å². The highest BCUT2D eigenvalue weighted by molar-refractivity contribution is 9.10. The molecule has 0 aliphatic rings. The topological polar surface area (TPSA) is 38.0 Å². The van der Waals surface area contributed by atoms with Crippen molar-refractivity contribution in [1.82, 2.24) is 4.57 Å². The molecule has 0 fully saturated rings. The van der Waals surface area contributed by atoms with Crippen LogP contribution in [0.1, 0.15) is 23.9 Å². The third-order valence-corrected chi connectivity index (χ3v) is 4.25. The average molecular weight is 455 g/mol. The predicted molar refractivity (Wildman–Crippen MR) is 88.8 cm³/mol. The van der Waals surface area contributed by atoms with Crippen molar-refractivity contribution in [3.63, 3.8) is 0 Å². The summed E-state index contributed by atoms with van der Waals surface area (Å²) >= 11 is 3.09. The van der Waals surface area contributed by atoms with Gasteiger partial charge in [-0.2, -0.15) is 31.6 Å². The van der Waals surface area contributed by atoms with Gasteiger partial charge in [0.2, 0.25) is 0 Å². The molecule has 0 bridgehead atoms. The first-order valence-corrected chi connectivity index (χ1v) is 8.46. The third kappa shape index (κ3) is 4.47. The van der Waals surface area contributed by atoms with Gasteiger partial charge in [-0.25, -0.2) is 0 Å². The Morgan fingerprint density at radius 2 is 1.67 bits per heavy atom. The van der Waals surface area contributed by atoms with Gasteiger partial charge in [-0.3, -0.25) is 0 Å². The normalized spacial score (nSPS) is 12.3. The Labute approximate surface area is 159 Å². The highest BCUT2D eigenvalue weighted by Gasteiger charge is 2.48. The summed E-state index contributed by atoms with van der Waals surface area (Å²) in [5.41, 5.74) is -5.56. The molecule has 0 N–H and O–H groups in total. The second-order valence-corrected chi connectivity index (χ2v) is 6.33. The van der Waals surface area contributed by atoms with Crippen molar-refractivity contribution in [2.75, 3.05) is 13.2 Å². The molecule has 10 heteroatoms. The Morgan fingerprint density at radius 3 is 2.11 bits per heavy atom. The molecular formula is C17H13BrF6N2O.